The fraction of sp³-hybridized carbons (Fsp3) is 0.917. The Hall–Kier alpha value is -0.610. The molecule has 4 heteroatoms. The standard InChI is InChI=1S/C12H24N2O2/c1-11(2,3)9(13)10(15)14-12(4)6-5-7-16-8-12/h9H,5-8,13H2,1-4H3,(H,14,15). The molecule has 0 spiro atoms. The molecule has 1 aliphatic rings. The topological polar surface area (TPSA) is 64.4 Å². The Morgan fingerprint density at radius 3 is 2.56 bits per heavy atom. The molecule has 0 bridgehead atoms. The lowest BCUT2D eigenvalue weighted by atomic mass is 9.85. The van der Waals surface area contributed by atoms with Crippen molar-refractivity contribution >= 4 is 5.91 Å². The van der Waals surface area contributed by atoms with Crippen LogP contribution in [0, 0.1) is 5.41 Å². The summed E-state index contributed by atoms with van der Waals surface area (Å²) in [5.41, 5.74) is 5.45. The molecular weight excluding hydrogens is 204 g/mol. The van der Waals surface area contributed by atoms with E-state index in [4.69, 9.17) is 10.5 Å². The smallest absolute Gasteiger partial charge is 0.237 e. The quantitative estimate of drug-likeness (QED) is 0.742. The van der Waals surface area contributed by atoms with Crippen LogP contribution in [0.3, 0.4) is 0 Å². The first kappa shape index (κ1) is 13.5. The minimum Gasteiger partial charge on any atom is -0.379 e. The largest absolute Gasteiger partial charge is 0.379 e. The second kappa shape index (κ2) is 4.72. The third-order valence-corrected chi connectivity index (χ3v) is 3.08. The molecule has 94 valence electrons. The highest BCUT2D eigenvalue weighted by atomic mass is 16.5. The number of amides is 1. The maximum Gasteiger partial charge on any atom is 0.237 e. The third-order valence-electron chi connectivity index (χ3n) is 3.08. The lowest BCUT2D eigenvalue weighted by molar-refractivity contribution is -0.128. The normalized spacial score (nSPS) is 28.6. The van der Waals surface area contributed by atoms with Crippen LogP contribution in [0.1, 0.15) is 40.5 Å². The van der Waals surface area contributed by atoms with E-state index in [0.717, 1.165) is 19.4 Å². The highest BCUT2D eigenvalue weighted by Crippen LogP contribution is 2.21. The fourth-order valence-corrected chi connectivity index (χ4v) is 1.80. The number of hydrogen-bond donors (Lipinski definition) is 2. The van der Waals surface area contributed by atoms with Gasteiger partial charge in [-0.25, -0.2) is 0 Å². The van der Waals surface area contributed by atoms with E-state index in [2.05, 4.69) is 5.32 Å². The van der Waals surface area contributed by atoms with Gasteiger partial charge in [-0.05, 0) is 25.2 Å². The SMILES string of the molecule is CC1(NC(=O)C(N)C(C)(C)C)CCCOC1. The molecule has 0 aromatic rings. The van der Waals surface area contributed by atoms with Gasteiger partial charge < -0.3 is 15.8 Å². The van der Waals surface area contributed by atoms with E-state index in [1.165, 1.54) is 0 Å². The predicted molar refractivity (Wildman–Crippen MR) is 64.0 cm³/mol. The van der Waals surface area contributed by atoms with Crippen molar-refractivity contribution in [1.82, 2.24) is 5.32 Å². The van der Waals surface area contributed by atoms with Crippen LogP contribution in [0.4, 0.5) is 0 Å². The summed E-state index contributed by atoms with van der Waals surface area (Å²) in [7, 11) is 0. The summed E-state index contributed by atoms with van der Waals surface area (Å²) in [6.07, 6.45) is 1.94. The molecule has 1 rings (SSSR count). The average molecular weight is 228 g/mol. The molecule has 0 radical (unpaired) electrons. The van der Waals surface area contributed by atoms with Crippen LogP contribution in [-0.4, -0.2) is 30.7 Å². The summed E-state index contributed by atoms with van der Waals surface area (Å²) in [5, 5.41) is 3.01. The lowest BCUT2D eigenvalue weighted by Crippen LogP contribution is -2.58. The zero-order valence-corrected chi connectivity index (χ0v) is 10.8. The fourth-order valence-electron chi connectivity index (χ4n) is 1.80. The van der Waals surface area contributed by atoms with Crippen LogP contribution in [0.25, 0.3) is 0 Å². The Balaban J connectivity index is 2.56. The second-order valence-electron chi connectivity index (χ2n) is 6.05. The molecule has 1 heterocycles. The monoisotopic (exact) mass is 228 g/mol. The summed E-state index contributed by atoms with van der Waals surface area (Å²) in [4.78, 5) is 12.0. The van der Waals surface area contributed by atoms with Gasteiger partial charge in [0.25, 0.3) is 0 Å². The number of carbonyl (C=O) groups is 1. The summed E-state index contributed by atoms with van der Waals surface area (Å²) in [6, 6.07) is -0.480. The highest BCUT2D eigenvalue weighted by Gasteiger charge is 2.34. The number of hydrogen-bond acceptors (Lipinski definition) is 3. The maximum atomic E-state index is 12.0. The van der Waals surface area contributed by atoms with Crippen LogP contribution >= 0.6 is 0 Å². The van der Waals surface area contributed by atoms with Gasteiger partial charge in [-0.1, -0.05) is 20.8 Å². The van der Waals surface area contributed by atoms with Crippen molar-refractivity contribution in [2.24, 2.45) is 11.1 Å². The van der Waals surface area contributed by atoms with Gasteiger partial charge in [-0.3, -0.25) is 4.79 Å². The molecule has 1 saturated heterocycles. The van der Waals surface area contributed by atoms with Gasteiger partial charge in [0.15, 0.2) is 0 Å². The van der Waals surface area contributed by atoms with Gasteiger partial charge in [-0.15, -0.1) is 0 Å². The molecule has 0 aromatic carbocycles. The molecule has 3 N–H and O–H groups in total. The zero-order valence-electron chi connectivity index (χ0n) is 10.8. The zero-order chi connectivity index (χ0) is 12.4. The van der Waals surface area contributed by atoms with Crippen molar-refractivity contribution in [3.63, 3.8) is 0 Å². The Morgan fingerprint density at radius 2 is 2.12 bits per heavy atom. The van der Waals surface area contributed by atoms with Crippen molar-refractivity contribution in [3.05, 3.63) is 0 Å². The van der Waals surface area contributed by atoms with Crippen molar-refractivity contribution in [2.75, 3.05) is 13.2 Å². The van der Waals surface area contributed by atoms with Crippen LogP contribution in [0.15, 0.2) is 0 Å². The van der Waals surface area contributed by atoms with Crippen LogP contribution in [0.2, 0.25) is 0 Å². The van der Waals surface area contributed by atoms with Gasteiger partial charge in [0.2, 0.25) is 5.91 Å². The summed E-state index contributed by atoms with van der Waals surface area (Å²) < 4.78 is 5.40. The third kappa shape index (κ3) is 3.46. The van der Waals surface area contributed by atoms with Crippen molar-refractivity contribution < 1.29 is 9.53 Å². The number of ether oxygens (including phenoxy) is 1. The van der Waals surface area contributed by atoms with E-state index in [1.807, 2.05) is 27.7 Å². The first-order valence-electron chi connectivity index (χ1n) is 5.90. The predicted octanol–water partition coefficient (Wildman–Crippen LogP) is 1.05. The Bertz CT molecular complexity index is 252. The Labute approximate surface area is 97.9 Å². The molecule has 0 aromatic heterocycles. The number of rotatable bonds is 2. The Kier molecular flexibility index (Phi) is 3.97. The van der Waals surface area contributed by atoms with E-state index in [9.17, 15) is 4.79 Å². The van der Waals surface area contributed by atoms with Crippen LogP contribution in [-0.2, 0) is 9.53 Å². The number of nitrogens with two attached hydrogens (primary N) is 1. The maximum absolute atomic E-state index is 12.0. The molecule has 1 fully saturated rings. The number of nitrogens with one attached hydrogen (secondary N) is 1. The van der Waals surface area contributed by atoms with Gasteiger partial charge in [0, 0.05) is 6.61 Å². The van der Waals surface area contributed by atoms with Gasteiger partial charge in [0.05, 0.1) is 18.2 Å². The summed E-state index contributed by atoms with van der Waals surface area (Å²) >= 11 is 0. The van der Waals surface area contributed by atoms with E-state index in [-0.39, 0.29) is 16.9 Å². The molecule has 1 aliphatic heterocycles. The molecule has 16 heavy (non-hydrogen) atoms. The number of carbonyl (C=O) groups excluding carboxylic acids is 1. The van der Waals surface area contributed by atoms with E-state index < -0.39 is 6.04 Å². The minimum atomic E-state index is -0.480. The van der Waals surface area contributed by atoms with Gasteiger partial charge >= 0.3 is 0 Å². The molecule has 1 amide bonds. The van der Waals surface area contributed by atoms with Gasteiger partial charge in [-0.2, -0.15) is 0 Å². The van der Waals surface area contributed by atoms with E-state index in [0.29, 0.717) is 6.61 Å². The van der Waals surface area contributed by atoms with Crippen LogP contribution < -0.4 is 11.1 Å². The Morgan fingerprint density at radius 1 is 1.50 bits per heavy atom. The van der Waals surface area contributed by atoms with E-state index >= 15 is 0 Å². The molecular formula is C12H24N2O2. The average Bonchev–Trinajstić information content (AvgIpc) is 2.15. The first-order chi connectivity index (χ1) is 7.25. The first-order valence-corrected chi connectivity index (χ1v) is 5.90. The van der Waals surface area contributed by atoms with Crippen LogP contribution in [0.5, 0.6) is 0 Å². The van der Waals surface area contributed by atoms with E-state index in [1.54, 1.807) is 0 Å². The molecule has 2 unspecified atom stereocenters. The van der Waals surface area contributed by atoms with Crippen molar-refractivity contribution in [1.29, 1.82) is 0 Å². The molecule has 0 saturated carbocycles. The molecule has 4 nitrogen and oxygen atoms in total. The molecule has 0 aliphatic carbocycles. The second-order valence-corrected chi connectivity index (χ2v) is 6.05. The summed E-state index contributed by atoms with van der Waals surface area (Å²) in [6.45, 7) is 9.29. The van der Waals surface area contributed by atoms with Crippen molar-refractivity contribution in [3.8, 4) is 0 Å². The van der Waals surface area contributed by atoms with Crippen molar-refractivity contribution in [2.45, 2.75) is 52.1 Å². The highest BCUT2D eigenvalue weighted by molar-refractivity contribution is 5.83. The summed E-state index contributed by atoms with van der Waals surface area (Å²) in [5.74, 6) is -0.0829. The minimum absolute atomic E-state index is 0.0829. The molecule has 2 atom stereocenters. The van der Waals surface area contributed by atoms with Gasteiger partial charge in [0.1, 0.15) is 0 Å². The lowest BCUT2D eigenvalue weighted by Gasteiger charge is -2.37.